The molecule has 0 N–H and O–H groups in total. The van der Waals surface area contributed by atoms with Crippen LogP contribution in [0.25, 0.3) is 21.8 Å². The van der Waals surface area contributed by atoms with Crippen molar-refractivity contribution in [2.24, 2.45) is 0 Å². The largest absolute Gasteiger partial charge is 0.497 e. The van der Waals surface area contributed by atoms with Crippen molar-refractivity contribution in [3.05, 3.63) is 77.6 Å². The lowest BCUT2D eigenvalue weighted by molar-refractivity contribution is 0.0750. The molecule has 1 amide bonds. The van der Waals surface area contributed by atoms with E-state index in [4.69, 9.17) is 4.74 Å². The van der Waals surface area contributed by atoms with Gasteiger partial charge in [-0.15, -0.1) is 11.3 Å². The first kappa shape index (κ1) is 22.0. The summed E-state index contributed by atoms with van der Waals surface area (Å²) in [7, 11) is 1.65. The molecule has 1 aliphatic rings. The number of methoxy groups -OCH3 is 1. The summed E-state index contributed by atoms with van der Waals surface area (Å²) in [6, 6.07) is 19.8. The van der Waals surface area contributed by atoms with Crippen LogP contribution in [0, 0.1) is 6.92 Å². The normalized spacial score (nSPS) is 13.7. The number of hydrogen-bond donors (Lipinski definition) is 0. The van der Waals surface area contributed by atoms with Gasteiger partial charge in [0.05, 0.1) is 18.5 Å². The molecule has 0 spiro atoms. The predicted octanol–water partition coefficient (Wildman–Crippen LogP) is 4.55. The fourth-order valence-electron chi connectivity index (χ4n) is 4.02. The van der Waals surface area contributed by atoms with Gasteiger partial charge in [0.1, 0.15) is 27.8 Å². The van der Waals surface area contributed by atoms with E-state index in [9.17, 15) is 4.79 Å². The summed E-state index contributed by atoms with van der Waals surface area (Å²) < 4.78 is 5.24. The van der Waals surface area contributed by atoms with Gasteiger partial charge >= 0.3 is 0 Å². The van der Waals surface area contributed by atoms with Crippen LogP contribution in [0.15, 0.2) is 67.0 Å². The number of ether oxygens (including phenoxy) is 1. The molecule has 8 heteroatoms. The molecule has 5 rings (SSSR count). The molecule has 0 aliphatic carbocycles. The van der Waals surface area contributed by atoms with Crippen molar-refractivity contribution < 1.29 is 9.53 Å². The zero-order valence-corrected chi connectivity index (χ0v) is 20.0. The number of aryl methyl sites for hydroxylation is 1. The number of benzene rings is 2. The highest BCUT2D eigenvalue weighted by atomic mass is 32.1. The fourth-order valence-corrected chi connectivity index (χ4v) is 5.06. The maximum absolute atomic E-state index is 13.2. The molecule has 4 aromatic rings. The first-order valence-corrected chi connectivity index (χ1v) is 12.0. The minimum Gasteiger partial charge on any atom is -0.497 e. The molecule has 0 atom stereocenters. The van der Waals surface area contributed by atoms with Gasteiger partial charge in [-0.3, -0.25) is 4.79 Å². The summed E-state index contributed by atoms with van der Waals surface area (Å²) in [5.41, 5.74) is 3.69. The zero-order valence-electron chi connectivity index (χ0n) is 19.1. The van der Waals surface area contributed by atoms with Crippen LogP contribution in [-0.2, 0) is 0 Å². The highest BCUT2D eigenvalue weighted by Crippen LogP contribution is 2.29. The summed E-state index contributed by atoms with van der Waals surface area (Å²) >= 11 is 1.47. The van der Waals surface area contributed by atoms with E-state index < -0.39 is 0 Å². The number of nitrogens with zero attached hydrogens (tertiary/aromatic N) is 5. The zero-order chi connectivity index (χ0) is 23.5. The van der Waals surface area contributed by atoms with Crippen LogP contribution in [0.1, 0.15) is 15.4 Å². The number of piperazine rings is 1. The Balaban J connectivity index is 1.26. The standard InChI is InChI=1S/C26H25N5O2S/c1-18-24(34-25(29-18)20-6-4-3-5-7-20)26(32)31-14-12-30(13-15-31)23-16-22(27-17-28-23)19-8-10-21(33-2)11-9-19/h3-11,16-17H,12-15H2,1-2H3. The topological polar surface area (TPSA) is 71.5 Å². The SMILES string of the molecule is COc1ccc(-c2cc(N3CCN(C(=O)c4sc(-c5ccccc5)nc4C)CC3)ncn2)cc1. The molecular formula is C26H25N5O2S. The third kappa shape index (κ3) is 4.49. The highest BCUT2D eigenvalue weighted by molar-refractivity contribution is 7.17. The van der Waals surface area contributed by atoms with Gasteiger partial charge in [0.15, 0.2) is 0 Å². The molecule has 0 radical (unpaired) electrons. The maximum Gasteiger partial charge on any atom is 0.265 e. The summed E-state index contributed by atoms with van der Waals surface area (Å²) in [5.74, 6) is 1.73. The van der Waals surface area contributed by atoms with Crippen LogP contribution >= 0.6 is 11.3 Å². The summed E-state index contributed by atoms with van der Waals surface area (Å²) in [4.78, 5) is 31.6. The molecule has 0 unspecified atom stereocenters. The molecule has 34 heavy (non-hydrogen) atoms. The third-order valence-electron chi connectivity index (χ3n) is 5.94. The molecule has 1 fully saturated rings. The number of anilines is 1. The van der Waals surface area contributed by atoms with Crippen LogP contribution in [0.3, 0.4) is 0 Å². The molecule has 2 aromatic carbocycles. The predicted molar refractivity (Wildman–Crippen MR) is 134 cm³/mol. The van der Waals surface area contributed by atoms with E-state index in [2.05, 4.69) is 19.9 Å². The monoisotopic (exact) mass is 471 g/mol. The molecule has 0 saturated carbocycles. The Morgan fingerprint density at radius 2 is 1.68 bits per heavy atom. The number of carbonyl (C=O) groups is 1. The van der Waals surface area contributed by atoms with Gasteiger partial charge in [0.25, 0.3) is 5.91 Å². The Morgan fingerprint density at radius 1 is 0.941 bits per heavy atom. The smallest absolute Gasteiger partial charge is 0.265 e. The van der Waals surface area contributed by atoms with Gasteiger partial charge < -0.3 is 14.5 Å². The van der Waals surface area contributed by atoms with Crippen molar-refractivity contribution >= 4 is 23.1 Å². The molecular weight excluding hydrogens is 446 g/mol. The second-order valence-electron chi connectivity index (χ2n) is 8.07. The Bertz CT molecular complexity index is 1280. The number of aromatic nitrogens is 3. The van der Waals surface area contributed by atoms with Gasteiger partial charge in [-0.2, -0.15) is 0 Å². The highest BCUT2D eigenvalue weighted by Gasteiger charge is 2.26. The first-order chi connectivity index (χ1) is 16.6. The number of hydrogen-bond acceptors (Lipinski definition) is 7. The van der Waals surface area contributed by atoms with Crippen molar-refractivity contribution in [1.82, 2.24) is 19.9 Å². The van der Waals surface area contributed by atoms with Crippen molar-refractivity contribution in [3.8, 4) is 27.6 Å². The van der Waals surface area contributed by atoms with E-state index in [1.807, 2.05) is 72.5 Å². The van der Waals surface area contributed by atoms with E-state index >= 15 is 0 Å². The summed E-state index contributed by atoms with van der Waals surface area (Å²) in [6.45, 7) is 4.62. The summed E-state index contributed by atoms with van der Waals surface area (Å²) in [6.07, 6.45) is 1.60. The lowest BCUT2D eigenvalue weighted by Crippen LogP contribution is -2.49. The van der Waals surface area contributed by atoms with E-state index in [0.717, 1.165) is 44.0 Å². The van der Waals surface area contributed by atoms with Crippen LogP contribution in [0.4, 0.5) is 5.82 Å². The Morgan fingerprint density at radius 3 is 2.38 bits per heavy atom. The van der Waals surface area contributed by atoms with Crippen LogP contribution in [0.5, 0.6) is 5.75 Å². The minimum absolute atomic E-state index is 0.0541. The fraction of sp³-hybridized carbons (Fsp3) is 0.231. The molecule has 172 valence electrons. The van der Waals surface area contributed by atoms with E-state index in [-0.39, 0.29) is 5.91 Å². The van der Waals surface area contributed by atoms with E-state index in [1.165, 1.54) is 11.3 Å². The van der Waals surface area contributed by atoms with Crippen molar-refractivity contribution in [1.29, 1.82) is 0 Å². The van der Waals surface area contributed by atoms with Crippen LogP contribution < -0.4 is 9.64 Å². The van der Waals surface area contributed by atoms with Crippen LogP contribution in [0.2, 0.25) is 0 Å². The van der Waals surface area contributed by atoms with Gasteiger partial charge in [0.2, 0.25) is 0 Å². The average molecular weight is 472 g/mol. The molecule has 1 saturated heterocycles. The number of carbonyl (C=O) groups excluding carboxylic acids is 1. The molecule has 1 aliphatic heterocycles. The van der Waals surface area contributed by atoms with Crippen molar-refractivity contribution in [3.63, 3.8) is 0 Å². The second kappa shape index (κ2) is 9.61. The third-order valence-corrected chi connectivity index (χ3v) is 7.14. The van der Waals surface area contributed by atoms with Gasteiger partial charge in [-0.1, -0.05) is 30.3 Å². The quantitative estimate of drug-likeness (QED) is 0.425. The van der Waals surface area contributed by atoms with Crippen LogP contribution in [-0.4, -0.2) is 59.0 Å². The lowest BCUT2D eigenvalue weighted by Gasteiger charge is -2.35. The molecule has 2 aromatic heterocycles. The molecule has 7 nitrogen and oxygen atoms in total. The Kier molecular flexibility index (Phi) is 6.22. The molecule has 3 heterocycles. The molecule has 0 bridgehead atoms. The Hall–Kier alpha value is -3.78. The van der Waals surface area contributed by atoms with E-state index in [0.29, 0.717) is 26.2 Å². The van der Waals surface area contributed by atoms with Crippen molar-refractivity contribution in [2.75, 3.05) is 38.2 Å². The number of rotatable bonds is 5. The van der Waals surface area contributed by atoms with Gasteiger partial charge in [-0.05, 0) is 31.2 Å². The minimum atomic E-state index is 0.0541. The average Bonchev–Trinajstić information content (AvgIpc) is 3.30. The second-order valence-corrected chi connectivity index (χ2v) is 9.07. The Labute approximate surface area is 202 Å². The van der Waals surface area contributed by atoms with Crippen molar-refractivity contribution in [2.45, 2.75) is 6.92 Å². The lowest BCUT2D eigenvalue weighted by atomic mass is 10.1. The first-order valence-electron chi connectivity index (χ1n) is 11.2. The van der Waals surface area contributed by atoms with E-state index in [1.54, 1.807) is 13.4 Å². The maximum atomic E-state index is 13.2. The number of amides is 1. The van der Waals surface area contributed by atoms with Gasteiger partial charge in [-0.25, -0.2) is 15.0 Å². The number of thiazole rings is 1. The van der Waals surface area contributed by atoms with Gasteiger partial charge in [0, 0.05) is 43.4 Å². The summed E-state index contributed by atoms with van der Waals surface area (Å²) in [5, 5.41) is 0.882.